The smallest absolute Gasteiger partial charge is 0.264 e. The lowest BCUT2D eigenvalue weighted by molar-refractivity contribution is 0.110. The fourth-order valence-corrected chi connectivity index (χ4v) is 1.18. The zero-order valence-electron chi connectivity index (χ0n) is 6.51. The van der Waals surface area contributed by atoms with Crippen LogP contribution in [0.2, 0.25) is 0 Å². The Morgan fingerprint density at radius 1 is 1.62 bits per heavy atom. The van der Waals surface area contributed by atoms with Crippen molar-refractivity contribution >= 4 is 17.9 Å². The Morgan fingerprint density at radius 2 is 2.31 bits per heavy atom. The van der Waals surface area contributed by atoms with Crippen molar-refractivity contribution < 1.29 is 13.6 Å². The number of halogens is 3. The highest BCUT2D eigenvalue weighted by molar-refractivity contribution is 6.17. The van der Waals surface area contributed by atoms with E-state index in [1.807, 2.05) is 0 Å². The van der Waals surface area contributed by atoms with Crippen molar-refractivity contribution in [3.05, 3.63) is 29.1 Å². The molecule has 0 amide bonds. The Hall–Kier alpha value is -1.03. The fourth-order valence-electron chi connectivity index (χ4n) is 0.966. The first-order valence-corrected chi connectivity index (χ1v) is 4.01. The van der Waals surface area contributed by atoms with Gasteiger partial charge in [-0.1, -0.05) is 0 Å². The van der Waals surface area contributed by atoms with Crippen LogP contribution in [0, 0.1) is 0 Å². The lowest BCUT2D eigenvalue weighted by Gasteiger charge is -2.05. The van der Waals surface area contributed by atoms with E-state index in [0.717, 1.165) is 6.07 Å². The van der Waals surface area contributed by atoms with Crippen LogP contribution < -0.4 is 0 Å². The van der Waals surface area contributed by atoms with E-state index >= 15 is 0 Å². The second-order valence-corrected chi connectivity index (χ2v) is 2.58. The van der Waals surface area contributed by atoms with Gasteiger partial charge in [-0.3, -0.25) is 9.78 Å². The largest absolute Gasteiger partial charge is 0.298 e. The van der Waals surface area contributed by atoms with E-state index in [-0.39, 0.29) is 22.7 Å². The van der Waals surface area contributed by atoms with E-state index < -0.39 is 6.43 Å². The normalized spacial score (nSPS) is 10.5. The van der Waals surface area contributed by atoms with Crippen LogP contribution in [-0.4, -0.2) is 11.3 Å². The van der Waals surface area contributed by atoms with Gasteiger partial charge in [-0.25, -0.2) is 8.78 Å². The topological polar surface area (TPSA) is 30.0 Å². The van der Waals surface area contributed by atoms with Gasteiger partial charge in [-0.05, 0) is 6.07 Å². The van der Waals surface area contributed by atoms with E-state index in [2.05, 4.69) is 4.98 Å². The Kier molecular flexibility index (Phi) is 3.31. The third-order valence-corrected chi connectivity index (χ3v) is 1.84. The Labute approximate surface area is 78.5 Å². The van der Waals surface area contributed by atoms with Crippen molar-refractivity contribution in [1.82, 2.24) is 4.98 Å². The van der Waals surface area contributed by atoms with E-state index in [0.29, 0.717) is 6.29 Å². The minimum atomic E-state index is -2.68. The first kappa shape index (κ1) is 10.1. The van der Waals surface area contributed by atoms with Crippen LogP contribution in [0.3, 0.4) is 0 Å². The van der Waals surface area contributed by atoms with Crippen molar-refractivity contribution in [1.29, 1.82) is 0 Å². The number of nitrogens with zero attached hydrogens (tertiary/aromatic N) is 1. The number of carbonyl (C=O) groups excluding carboxylic acids is 1. The summed E-state index contributed by atoms with van der Waals surface area (Å²) in [4.78, 5) is 14.2. The van der Waals surface area contributed by atoms with E-state index in [1.54, 1.807) is 0 Å². The quantitative estimate of drug-likeness (QED) is 0.561. The van der Waals surface area contributed by atoms with Crippen molar-refractivity contribution in [2.45, 2.75) is 12.3 Å². The van der Waals surface area contributed by atoms with Gasteiger partial charge in [-0.15, -0.1) is 11.6 Å². The fraction of sp³-hybridized carbons (Fsp3) is 0.250. The third kappa shape index (κ3) is 2.01. The first-order chi connectivity index (χ1) is 6.20. The van der Waals surface area contributed by atoms with Crippen LogP contribution in [0.4, 0.5) is 8.78 Å². The van der Waals surface area contributed by atoms with Crippen LogP contribution in [0.1, 0.15) is 28.0 Å². The standard InChI is InChI=1S/C8H6ClF2NO/c9-3-7-6(4-13)5(8(10)11)1-2-12-7/h1-2,4,8H,3H2. The average molecular weight is 206 g/mol. The van der Waals surface area contributed by atoms with Gasteiger partial charge in [0.2, 0.25) is 0 Å². The van der Waals surface area contributed by atoms with Crippen LogP contribution in [0.15, 0.2) is 12.3 Å². The van der Waals surface area contributed by atoms with Gasteiger partial charge in [-0.2, -0.15) is 0 Å². The molecule has 0 unspecified atom stereocenters. The van der Waals surface area contributed by atoms with Crippen LogP contribution >= 0.6 is 11.6 Å². The van der Waals surface area contributed by atoms with Crippen LogP contribution in [0.25, 0.3) is 0 Å². The maximum atomic E-state index is 12.3. The first-order valence-electron chi connectivity index (χ1n) is 3.47. The highest BCUT2D eigenvalue weighted by Gasteiger charge is 2.15. The minimum absolute atomic E-state index is 0.0470. The zero-order valence-corrected chi connectivity index (χ0v) is 7.26. The SMILES string of the molecule is O=Cc1c(C(F)F)ccnc1CCl. The predicted octanol–water partition coefficient (Wildman–Crippen LogP) is 2.57. The highest BCUT2D eigenvalue weighted by atomic mass is 35.5. The molecule has 1 aromatic rings. The minimum Gasteiger partial charge on any atom is -0.298 e. The molecule has 0 aliphatic carbocycles. The third-order valence-electron chi connectivity index (χ3n) is 1.59. The summed E-state index contributed by atoms with van der Waals surface area (Å²) < 4.78 is 24.6. The Balaban J connectivity index is 3.27. The summed E-state index contributed by atoms with van der Waals surface area (Å²) in [6, 6.07) is 1.12. The zero-order chi connectivity index (χ0) is 9.84. The number of rotatable bonds is 3. The molecule has 0 saturated heterocycles. The molecule has 1 rings (SSSR count). The van der Waals surface area contributed by atoms with Crippen molar-refractivity contribution in [2.75, 3.05) is 0 Å². The van der Waals surface area contributed by atoms with E-state index in [9.17, 15) is 13.6 Å². The molecule has 0 aliphatic heterocycles. The van der Waals surface area contributed by atoms with E-state index in [1.165, 1.54) is 6.20 Å². The van der Waals surface area contributed by atoms with Crippen molar-refractivity contribution in [3.8, 4) is 0 Å². The molecule has 0 atom stereocenters. The van der Waals surface area contributed by atoms with E-state index in [4.69, 9.17) is 11.6 Å². The second-order valence-electron chi connectivity index (χ2n) is 2.31. The molecule has 1 aromatic heterocycles. The summed E-state index contributed by atoms with van der Waals surface area (Å²) in [6.45, 7) is 0. The van der Waals surface area contributed by atoms with Gasteiger partial charge in [0.1, 0.15) is 0 Å². The molecule has 0 radical (unpaired) electrons. The van der Waals surface area contributed by atoms with Gasteiger partial charge in [0.05, 0.1) is 11.6 Å². The monoisotopic (exact) mass is 205 g/mol. The second kappa shape index (κ2) is 4.28. The van der Waals surface area contributed by atoms with Gasteiger partial charge >= 0.3 is 0 Å². The van der Waals surface area contributed by atoms with Crippen molar-refractivity contribution in [3.63, 3.8) is 0 Å². The molecule has 2 nitrogen and oxygen atoms in total. The maximum Gasteiger partial charge on any atom is 0.264 e. The molecule has 0 spiro atoms. The predicted molar refractivity (Wildman–Crippen MR) is 44.1 cm³/mol. The molecule has 0 saturated carbocycles. The molecule has 0 N–H and O–H groups in total. The average Bonchev–Trinajstić information content (AvgIpc) is 2.16. The maximum absolute atomic E-state index is 12.3. The Bertz CT molecular complexity index is 317. The van der Waals surface area contributed by atoms with Crippen LogP contribution in [0.5, 0.6) is 0 Å². The Morgan fingerprint density at radius 3 is 2.77 bits per heavy atom. The molecule has 0 aromatic carbocycles. The molecule has 5 heteroatoms. The number of hydrogen-bond donors (Lipinski definition) is 0. The molecule has 13 heavy (non-hydrogen) atoms. The highest BCUT2D eigenvalue weighted by Crippen LogP contribution is 2.23. The molecule has 0 aliphatic rings. The number of aromatic nitrogens is 1. The number of hydrogen-bond acceptors (Lipinski definition) is 2. The van der Waals surface area contributed by atoms with Crippen molar-refractivity contribution in [2.24, 2.45) is 0 Å². The molecule has 1 heterocycles. The number of pyridine rings is 1. The number of carbonyl (C=O) groups is 1. The lowest BCUT2D eigenvalue weighted by atomic mass is 10.1. The van der Waals surface area contributed by atoms with Gasteiger partial charge in [0, 0.05) is 17.3 Å². The lowest BCUT2D eigenvalue weighted by Crippen LogP contribution is -2.00. The molecule has 70 valence electrons. The van der Waals surface area contributed by atoms with Gasteiger partial charge in [0.15, 0.2) is 6.29 Å². The van der Waals surface area contributed by atoms with Crippen LogP contribution in [-0.2, 0) is 5.88 Å². The number of alkyl halides is 3. The summed E-state index contributed by atoms with van der Waals surface area (Å²) >= 11 is 5.42. The molecular weight excluding hydrogens is 200 g/mol. The molecular formula is C8H6ClF2NO. The summed E-state index contributed by atoms with van der Waals surface area (Å²) in [5.74, 6) is -0.0470. The summed E-state index contributed by atoms with van der Waals surface area (Å²) in [7, 11) is 0. The summed E-state index contributed by atoms with van der Waals surface area (Å²) in [5, 5.41) is 0. The van der Waals surface area contributed by atoms with Gasteiger partial charge in [0.25, 0.3) is 6.43 Å². The molecule has 0 fully saturated rings. The summed E-state index contributed by atoms with van der Waals surface area (Å²) in [6.07, 6.45) is -1.11. The summed E-state index contributed by atoms with van der Waals surface area (Å²) in [5.41, 5.74) is -0.234. The van der Waals surface area contributed by atoms with Gasteiger partial charge < -0.3 is 0 Å². The number of aldehydes is 1. The molecule has 0 bridgehead atoms.